The predicted octanol–water partition coefficient (Wildman–Crippen LogP) is 6.09. The van der Waals surface area contributed by atoms with Crippen LogP contribution in [0.4, 0.5) is 79.0 Å². The zero-order chi connectivity index (χ0) is 30.9. The average Bonchev–Trinajstić information content (AvgIpc) is 2.69. The minimum atomic E-state index is -8.78. The molecule has 0 radical (unpaired) electrons. The number of nitrogens with two attached hydrogens (primary N) is 1. The molecule has 0 bridgehead atoms. The summed E-state index contributed by atoms with van der Waals surface area (Å²) in [6.45, 7) is 3.94. The normalized spacial score (nSPS) is 16.1. The second kappa shape index (κ2) is 10.8. The highest BCUT2D eigenvalue weighted by Crippen LogP contribution is 2.63. The van der Waals surface area contributed by atoms with E-state index in [0.717, 1.165) is 0 Å². The lowest BCUT2D eigenvalue weighted by molar-refractivity contribution is -0.439. The summed E-state index contributed by atoms with van der Waals surface area (Å²) in [5, 5.41) is -7.82. The summed E-state index contributed by atoms with van der Waals surface area (Å²) >= 11 is 0. The molecular weight excluding hydrogens is 604 g/mol. The van der Waals surface area contributed by atoms with Gasteiger partial charge < -0.3 is 5.73 Å². The first kappa shape index (κ1) is 37.5. The van der Waals surface area contributed by atoms with Gasteiger partial charge in [0, 0.05) is 13.0 Å². The second-order valence-electron chi connectivity index (χ2n) is 6.63. The standard InChI is InChI=1S/C11H6F18O3S.C3H7N/c12-3(1-2-4(13,14)15)5(16,17)6(18,19)7(20,21)8(22,23)9(24,25)10(26,27)11(28,29)33(30,31)32;1-2-3-4/h3H,1-2H2,(H,30,31,32);2H,1,3-4H2. The fourth-order valence-corrected chi connectivity index (χ4v) is 2.27. The van der Waals surface area contributed by atoms with Crippen molar-refractivity contribution in [2.24, 2.45) is 5.73 Å². The monoisotopic (exact) mass is 617 g/mol. The molecule has 37 heavy (non-hydrogen) atoms. The first-order valence-electron chi connectivity index (χ1n) is 8.43. The molecule has 0 aliphatic carbocycles. The van der Waals surface area contributed by atoms with Gasteiger partial charge >= 0.3 is 57.1 Å². The summed E-state index contributed by atoms with van der Waals surface area (Å²) in [5.41, 5.74) is 4.91. The Balaban J connectivity index is 0. The molecule has 0 rings (SSSR count). The maximum atomic E-state index is 13.4. The van der Waals surface area contributed by atoms with Crippen LogP contribution in [0, 0.1) is 0 Å². The third-order valence-electron chi connectivity index (χ3n) is 3.93. The Kier molecular flexibility index (Phi) is 11.0. The number of alkyl halides is 18. The Hall–Kier alpha value is -1.65. The fourth-order valence-electron chi connectivity index (χ4n) is 1.81. The molecule has 1 atom stereocenters. The van der Waals surface area contributed by atoms with E-state index in [1.807, 2.05) is 0 Å². The SMILES string of the molecule is C=CCN.O=S(=O)(O)C(F)(F)C(F)(F)C(F)(F)C(F)(F)C(F)(F)C(F)(F)C(F)(F)C(F)CCC(F)(F)F. The van der Waals surface area contributed by atoms with Gasteiger partial charge in [-0.15, -0.1) is 6.58 Å². The van der Waals surface area contributed by atoms with Crippen LogP contribution in [-0.2, 0) is 10.1 Å². The van der Waals surface area contributed by atoms with E-state index in [1.165, 1.54) is 0 Å². The topological polar surface area (TPSA) is 80.4 Å². The smallest absolute Gasteiger partial charge is 0.327 e. The Labute approximate surface area is 194 Å². The molecule has 4 nitrogen and oxygen atoms in total. The Bertz CT molecular complexity index is 883. The van der Waals surface area contributed by atoms with Crippen molar-refractivity contribution in [3.05, 3.63) is 12.7 Å². The number of hydrogen-bond donors (Lipinski definition) is 2. The lowest BCUT2D eigenvalue weighted by atomic mass is 9.89. The lowest BCUT2D eigenvalue weighted by Crippen LogP contribution is -2.74. The molecule has 3 N–H and O–H groups in total. The zero-order valence-electron chi connectivity index (χ0n) is 17.0. The fraction of sp³-hybridized carbons (Fsp3) is 0.857. The van der Waals surface area contributed by atoms with E-state index in [4.69, 9.17) is 10.3 Å². The highest BCUT2D eigenvalue weighted by atomic mass is 32.2. The molecule has 0 spiro atoms. The quantitative estimate of drug-likeness (QED) is 0.167. The molecule has 1 unspecified atom stereocenters. The Morgan fingerprint density at radius 2 is 1.00 bits per heavy atom. The van der Waals surface area contributed by atoms with E-state index >= 15 is 0 Å². The van der Waals surface area contributed by atoms with Gasteiger partial charge in [0.1, 0.15) is 0 Å². The van der Waals surface area contributed by atoms with Gasteiger partial charge in [0.2, 0.25) is 0 Å². The molecule has 0 amide bonds. The van der Waals surface area contributed by atoms with Crippen molar-refractivity contribution >= 4 is 10.1 Å². The van der Waals surface area contributed by atoms with Gasteiger partial charge in [0.15, 0.2) is 6.17 Å². The molecule has 0 aromatic rings. The molecule has 0 fully saturated rings. The summed E-state index contributed by atoms with van der Waals surface area (Å²) in [5.74, 6) is -50.3. The second-order valence-corrected chi connectivity index (χ2v) is 8.10. The maximum absolute atomic E-state index is 13.4. The van der Waals surface area contributed by atoms with E-state index in [0.29, 0.717) is 6.54 Å². The van der Waals surface area contributed by atoms with Gasteiger partial charge in [-0.1, -0.05) is 6.08 Å². The van der Waals surface area contributed by atoms with Crippen LogP contribution >= 0.6 is 0 Å². The van der Waals surface area contributed by atoms with Gasteiger partial charge in [0.25, 0.3) is 0 Å². The van der Waals surface area contributed by atoms with Crippen LogP contribution in [-0.4, -0.2) is 72.7 Å². The average molecular weight is 617 g/mol. The van der Waals surface area contributed by atoms with E-state index in [1.54, 1.807) is 6.08 Å². The molecule has 0 aromatic carbocycles. The molecule has 0 aliphatic rings. The minimum absolute atomic E-state index is 0.583. The van der Waals surface area contributed by atoms with E-state index in [-0.39, 0.29) is 0 Å². The first-order valence-corrected chi connectivity index (χ1v) is 9.87. The molecule has 0 saturated heterocycles. The molecule has 224 valence electrons. The van der Waals surface area contributed by atoms with Crippen molar-refractivity contribution in [2.75, 3.05) is 6.54 Å². The van der Waals surface area contributed by atoms with Crippen LogP contribution in [0.15, 0.2) is 12.7 Å². The lowest BCUT2D eigenvalue weighted by Gasteiger charge is -2.42. The Morgan fingerprint density at radius 1 is 0.703 bits per heavy atom. The van der Waals surface area contributed by atoms with Crippen LogP contribution in [0.2, 0.25) is 0 Å². The van der Waals surface area contributed by atoms with Crippen LogP contribution in [0.25, 0.3) is 0 Å². The summed E-state index contributed by atoms with van der Waals surface area (Å²) in [6.07, 6.45) is -14.8. The van der Waals surface area contributed by atoms with Crippen molar-refractivity contribution in [1.82, 2.24) is 0 Å². The van der Waals surface area contributed by atoms with E-state index < -0.39 is 76.1 Å². The zero-order valence-corrected chi connectivity index (χ0v) is 17.9. The number of hydrogen-bond acceptors (Lipinski definition) is 3. The predicted molar refractivity (Wildman–Crippen MR) is 85.6 cm³/mol. The van der Waals surface area contributed by atoms with Gasteiger partial charge in [-0.25, -0.2) is 4.39 Å². The molecule has 23 heteroatoms. The molecule has 0 heterocycles. The number of rotatable bonds is 11. The van der Waals surface area contributed by atoms with Crippen LogP contribution < -0.4 is 5.73 Å². The highest BCUT2D eigenvalue weighted by molar-refractivity contribution is 7.87. The van der Waals surface area contributed by atoms with Crippen molar-refractivity contribution in [1.29, 1.82) is 0 Å². The molecular formula is C14H13F18NO3S. The third-order valence-corrected chi connectivity index (χ3v) is 4.83. The van der Waals surface area contributed by atoms with Crippen molar-refractivity contribution in [3.63, 3.8) is 0 Å². The summed E-state index contributed by atoms with van der Waals surface area (Å²) in [7, 11) is -7.89. The van der Waals surface area contributed by atoms with Crippen LogP contribution in [0.1, 0.15) is 12.8 Å². The van der Waals surface area contributed by atoms with Crippen molar-refractivity contribution in [3.8, 4) is 0 Å². The summed E-state index contributed by atoms with van der Waals surface area (Å²) in [6, 6.07) is 0. The molecule has 0 aliphatic heterocycles. The van der Waals surface area contributed by atoms with Crippen molar-refractivity contribution in [2.45, 2.75) is 66.0 Å². The van der Waals surface area contributed by atoms with Crippen LogP contribution in [0.5, 0.6) is 0 Å². The van der Waals surface area contributed by atoms with Crippen LogP contribution in [0.3, 0.4) is 0 Å². The molecule has 0 saturated carbocycles. The van der Waals surface area contributed by atoms with E-state index in [2.05, 4.69) is 6.58 Å². The first-order chi connectivity index (χ1) is 15.8. The van der Waals surface area contributed by atoms with Gasteiger partial charge in [-0.2, -0.15) is 83.1 Å². The van der Waals surface area contributed by atoms with Gasteiger partial charge in [-0.3, -0.25) is 4.55 Å². The van der Waals surface area contributed by atoms with Crippen molar-refractivity contribution < 1.29 is 92.0 Å². The summed E-state index contributed by atoms with van der Waals surface area (Å²) < 4.78 is 262. The largest absolute Gasteiger partial charge is 0.438 e. The summed E-state index contributed by atoms with van der Waals surface area (Å²) in [4.78, 5) is 0. The third kappa shape index (κ3) is 6.50. The van der Waals surface area contributed by atoms with Gasteiger partial charge in [0.05, 0.1) is 0 Å². The molecule has 0 aromatic heterocycles. The maximum Gasteiger partial charge on any atom is 0.438 e. The van der Waals surface area contributed by atoms with E-state index in [9.17, 15) is 87.4 Å². The van der Waals surface area contributed by atoms with Gasteiger partial charge in [-0.05, 0) is 6.42 Å². The highest BCUT2D eigenvalue weighted by Gasteiger charge is 2.94. The number of halogens is 18. The Morgan fingerprint density at radius 3 is 1.27 bits per heavy atom. The minimum Gasteiger partial charge on any atom is -0.327 e.